The molecule has 0 spiro atoms. The van der Waals surface area contributed by atoms with Crippen LogP contribution in [0.15, 0.2) is 24.5 Å². The molecule has 1 aliphatic heterocycles. The molecular weight excluding hydrogens is 333 g/mol. The second-order valence-corrected chi connectivity index (χ2v) is 7.67. The third-order valence-corrected chi connectivity index (χ3v) is 5.52. The van der Waals surface area contributed by atoms with E-state index in [2.05, 4.69) is 15.3 Å². The molecule has 0 N–H and O–H groups in total. The predicted octanol–water partition coefficient (Wildman–Crippen LogP) is 1.97. The first-order valence-corrected chi connectivity index (χ1v) is 8.73. The summed E-state index contributed by atoms with van der Waals surface area (Å²) in [6.45, 7) is 0. The van der Waals surface area contributed by atoms with Crippen LogP contribution in [0.5, 0.6) is 0 Å². The molecule has 124 valence electrons. The second-order valence-electron chi connectivity index (χ2n) is 5.44. The van der Waals surface area contributed by atoms with Gasteiger partial charge >= 0.3 is 6.18 Å². The number of aromatic nitrogens is 4. The molecule has 0 bridgehead atoms. The topological polar surface area (TPSA) is 77.7 Å². The average molecular weight is 346 g/mol. The van der Waals surface area contributed by atoms with Crippen LogP contribution in [0.4, 0.5) is 13.2 Å². The van der Waals surface area contributed by atoms with Gasteiger partial charge in [-0.3, -0.25) is 0 Å². The Kier molecular flexibility index (Phi) is 3.86. The lowest BCUT2D eigenvalue weighted by molar-refractivity contribution is -0.141. The summed E-state index contributed by atoms with van der Waals surface area (Å²) in [5, 5.41) is 7.80. The number of alkyl halides is 3. The summed E-state index contributed by atoms with van der Waals surface area (Å²) in [7, 11) is -3.07. The Labute approximate surface area is 130 Å². The minimum atomic E-state index is -4.50. The molecule has 1 unspecified atom stereocenters. The first kappa shape index (κ1) is 15.9. The van der Waals surface area contributed by atoms with Gasteiger partial charge in [-0.05, 0) is 25.0 Å². The molecule has 0 radical (unpaired) electrons. The van der Waals surface area contributed by atoms with Crippen LogP contribution in [0.25, 0.3) is 5.69 Å². The minimum absolute atomic E-state index is 0.0248. The summed E-state index contributed by atoms with van der Waals surface area (Å²) >= 11 is 0. The van der Waals surface area contributed by atoms with E-state index in [0.717, 1.165) is 12.3 Å². The van der Waals surface area contributed by atoms with Crippen LogP contribution in [0, 0.1) is 0 Å². The van der Waals surface area contributed by atoms with E-state index in [1.807, 2.05) is 0 Å². The van der Waals surface area contributed by atoms with Gasteiger partial charge in [0.05, 0.1) is 35.3 Å². The lowest BCUT2D eigenvalue weighted by atomic mass is 10.0. The highest BCUT2D eigenvalue weighted by molar-refractivity contribution is 7.91. The van der Waals surface area contributed by atoms with Crippen LogP contribution in [-0.2, 0) is 16.0 Å². The Morgan fingerprint density at radius 2 is 2.04 bits per heavy atom. The Morgan fingerprint density at radius 3 is 2.65 bits per heavy atom. The largest absolute Gasteiger partial charge is 0.433 e. The fourth-order valence-electron chi connectivity index (χ4n) is 2.54. The van der Waals surface area contributed by atoms with Crippen molar-refractivity contribution in [3.63, 3.8) is 0 Å². The first-order valence-electron chi connectivity index (χ1n) is 6.91. The van der Waals surface area contributed by atoms with E-state index < -0.39 is 21.7 Å². The molecule has 0 aliphatic carbocycles. The average Bonchev–Trinajstić information content (AvgIpc) is 2.95. The SMILES string of the molecule is O=S1(=O)CCCC(c2cn(-c3ccc(C(F)(F)F)nc3)nn2)C1. The quantitative estimate of drug-likeness (QED) is 0.831. The predicted molar refractivity (Wildman–Crippen MR) is 74.8 cm³/mol. The van der Waals surface area contributed by atoms with Gasteiger partial charge in [-0.1, -0.05) is 5.21 Å². The van der Waals surface area contributed by atoms with E-state index in [4.69, 9.17) is 0 Å². The third-order valence-electron chi connectivity index (χ3n) is 3.70. The maximum Gasteiger partial charge on any atom is 0.433 e. The van der Waals surface area contributed by atoms with Gasteiger partial charge in [-0.15, -0.1) is 5.10 Å². The highest BCUT2D eigenvalue weighted by atomic mass is 32.2. The molecule has 1 atom stereocenters. The van der Waals surface area contributed by atoms with Gasteiger partial charge in [0.25, 0.3) is 0 Å². The van der Waals surface area contributed by atoms with Crippen molar-refractivity contribution in [3.8, 4) is 5.69 Å². The number of nitrogens with zero attached hydrogens (tertiary/aromatic N) is 4. The molecule has 2 aromatic heterocycles. The molecule has 1 saturated heterocycles. The van der Waals surface area contributed by atoms with Crippen LogP contribution in [0.3, 0.4) is 0 Å². The highest BCUT2D eigenvalue weighted by Crippen LogP contribution is 2.29. The standard InChI is InChI=1S/C13H13F3N4O2S/c14-13(15,16)12-4-3-10(6-17-12)20-7-11(18-19-20)9-2-1-5-23(21,22)8-9/h3-4,6-7,9H,1-2,5,8H2. The lowest BCUT2D eigenvalue weighted by Crippen LogP contribution is -2.23. The zero-order chi connectivity index (χ0) is 16.7. The Hall–Kier alpha value is -1.97. The van der Waals surface area contributed by atoms with E-state index >= 15 is 0 Å². The molecule has 3 heterocycles. The zero-order valence-electron chi connectivity index (χ0n) is 11.9. The lowest BCUT2D eigenvalue weighted by Gasteiger charge is -2.19. The van der Waals surface area contributed by atoms with Gasteiger partial charge in [0.1, 0.15) is 5.69 Å². The molecule has 1 aliphatic rings. The summed E-state index contributed by atoms with van der Waals surface area (Å²) in [4.78, 5) is 3.36. The van der Waals surface area contributed by atoms with E-state index in [1.54, 1.807) is 0 Å². The van der Waals surface area contributed by atoms with Crippen molar-refractivity contribution in [1.82, 2.24) is 20.0 Å². The maximum atomic E-state index is 12.5. The summed E-state index contributed by atoms with van der Waals surface area (Å²) in [5.41, 5.74) is -0.136. The fourth-order valence-corrected chi connectivity index (χ4v) is 4.26. The minimum Gasteiger partial charge on any atom is -0.250 e. The third kappa shape index (κ3) is 3.52. The van der Waals surface area contributed by atoms with Crippen molar-refractivity contribution in [2.75, 3.05) is 11.5 Å². The molecule has 10 heteroatoms. The van der Waals surface area contributed by atoms with Crippen LogP contribution < -0.4 is 0 Å². The number of hydrogen-bond acceptors (Lipinski definition) is 5. The first-order chi connectivity index (χ1) is 10.7. The Morgan fingerprint density at radius 1 is 1.26 bits per heavy atom. The number of halogens is 3. The molecule has 2 aromatic rings. The number of rotatable bonds is 2. The zero-order valence-corrected chi connectivity index (χ0v) is 12.7. The van der Waals surface area contributed by atoms with Crippen LogP contribution in [-0.4, -0.2) is 39.9 Å². The smallest absolute Gasteiger partial charge is 0.250 e. The molecular formula is C13H13F3N4O2S. The van der Waals surface area contributed by atoms with E-state index in [0.29, 0.717) is 24.2 Å². The van der Waals surface area contributed by atoms with Crippen molar-refractivity contribution < 1.29 is 21.6 Å². The summed E-state index contributed by atoms with van der Waals surface area (Å²) < 4.78 is 62.1. The molecule has 1 fully saturated rings. The molecule has 3 rings (SSSR count). The van der Waals surface area contributed by atoms with Gasteiger partial charge in [0.15, 0.2) is 9.84 Å². The van der Waals surface area contributed by atoms with Crippen molar-refractivity contribution in [3.05, 3.63) is 35.9 Å². The van der Waals surface area contributed by atoms with Gasteiger partial charge in [-0.25, -0.2) is 18.1 Å². The normalized spacial score (nSPS) is 21.3. The summed E-state index contributed by atoms with van der Waals surface area (Å²) in [5.74, 6) is -0.0258. The van der Waals surface area contributed by atoms with Crippen molar-refractivity contribution >= 4 is 9.84 Å². The van der Waals surface area contributed by atoms with Gasteiger partial charge < -0.3 is 0 Å². The molecule has 23 heavy (non-hydrogen) atoms. The van der Waals surface area contributed by atoms with Crippen LogP contribution in [0.2, 0.25) is 0 Å². The Bertz CT molecular complexity index is 799. The number of hydrogen-bond donors (Lipinski definition) is 0. The summed E-state index contributed by atoms with van der Waals surface area (Å²) in [6.07, 6.45) is -0.637. The van der Waals surface area contributed by atoms with E-state index in [9.17, 15) is 21.6 Å². The van der Waals surface area contributed by atoms with Gasteiger partial charge in [0.2, 0.25) is 0 Å². The maximum absolute atomic E-state index is 12.5. The van der Waals surface area contributed by atoms with Gasteiger partial charge in [0, 0.05) is 5.92 Å². The fraction of sp³-hybridized carbons (Fsp3) is 0.462. The van der Waals surface area contributed by atoms with E-state index in [1.165, 1.54) is 16.9 Å². The van der Waals surface area contributed by atoms with Crippen molar-refractivity contribution in [1.29, 1.82) is 0 Å². The second kappa shape index (κ2) is 5.59. The van der Waals surface area contributed by atoms with Crippen LogP contribution in [0.1, 0.15) is 30.1 Å². The molecule has 0 amide bonds. The monoisotopic (exact) mass is 346 g/mol. The van der Waals surface area contributed by atoms with E-state index in [-0.39, 0.29) is 17.4 Å². The van der Waals surface area contributed by atoms with Crippen molar-refractivity contribution in [2.45, 2.75) is 24.9 Å². The Balaban J connectivity index is 1.82. The molecule has 0 saturated carbocycles. The van der Waals surface area contributed by atoms with Crippen molar-refractivity contribution in [2.24, 2.45) is 0 Å². The number of pyridine rings is 1. The van der Waals surface area contributed by atoms with Gasteiger partial charge in [-0.2, -0.15) is 13.2 Å². The number of sulfone groups is 1. The molecule has 0 aromatic carbocycles. The molecule has 6 nitrogen and oxygen atoms in total. The summed E-state index contributed by atoms with van der Waals surface area (Å²) in [6, 6.07) is 2.10. The van der Waals surface area contributed by atoms with Crippen LogP contribution >= 0.6 is 0 Å². The highest BCUT2D eigenvalue weighted by Gasteiger charge is 2.32.